The lowest BCUT2D eigenvalue weighted by Gasteiger charge is -2.24. The summed E-state index contributed by atoms with van der Waals surface area (Å²) < 4.78 is 1.73. The number of ketones is 1. The number of hydrogen-bond acceptors (Lipinski definition) is 5. The van der Waals surface area contributed by atoms with Crippen LogP contribution in [-0.2, 0) is 4.79 Å². The summed E-state index contributed by atoms with van der Waals surface area (Å²) in [5.41, 5.74) is 2.11. The molecular weight excluding hydrogens is 388 g/mol. The molecule has 29 heavy (non-hydrogen) atoms. The van der Waals surface area contributed by atoms with E-state index in [1.54, 1.807) is 55.3 Å². The largest absolute Gasteiger partial charge is 0.345 e. The van der Waals surface area contributed by atoms with E-state index in [9.17, 15) is 14.4 Å². The fourth-order valence-electron chi connectivity index (χ4n) is 3.38. The first-order valence-corrected chi connectivity index (χ1v) is 10.0. The zero-order valence-electron chi connectivity index (χ0n) is 16.1. The van der Waals surface area contributed by atoms with Crippen LogP contribution in [0.1, 0.15) is 39.7 Å². The number of carbonyl (C=O) groups excluding carboxylic acids is 3. The summed E-state index contributed by atoms with van der Waals surface area (Å²) in [6, 6.07) is 10.4. The Hall–Kier alpha value is -3.26. The van der Waals surface area contributed by atoms with E-state index < -0.39 is 6.04 Å². The molecule has 8 heteroatoms. The molecule has 0 saturated heterocycles. The van der Waals surface area contributed by atoms with Crippen LogP contribution in [0.25, 0.3) is 10.4 Å². The first-order chi connectivity index (χ1) is 13.9. The van der Waals surface area contributed by atoms with Crippen LogP contribution in [0.3, 0.4) is 0 Å². The molecule has 0 aliphatic carbocycles. The molecule has 2 amide bonds. The number of anilines is 1. The zero-order valence-corrected chi connectivity index (χ0v) is 16.9. The maximum Gasteiger partial charge on any atom is 0.253 e. The predicted octanol–water partition coefficient (Wildman–Crippen LogP) is 3.47. The Bertz CT molecular complexity index is 1080. The number of fused-ring (bicyclic) bond motifs is 1. The highest BCUT2D eigenvalue weighted by Gasteiger charge is 2.29. The number of Topliss-reactive ketones (excluding diaryl/α,β-unsaturated/α-hetero) is 1. The van der Waals surface area contributed by atoms with Crippen LogP contribution >= 0.6 is 11.3 Å². The van der Waals surface area contributed by atoms with Crippen molar-refractivity contribution in [2.24, 2.45) is 0 Å². The molecule has 1 unspecified atom stereocenters. The van der Waals surface area contributed by atoms with Crippen molar-refractivity contribution in [1.29, 1.82) is 0 Å². The van der Waals surface area contributed by atoms with Gasteiger partial charge in [-0.15, -0.1) is 0 Å². The minimum Gasteiger partial charge on any atom is -0.345 e. The van der Waals surface area contributed by atoms with Gasteiger partial charge in [-0.25, -0.2) is 4.98 Å². The van der Waals surface area contributed by atoms with Crippen molar-refractivity contribution in [1.82, 2.24) is 14.5 Å². The molecule has 3 heterocycles. The number of nitrogens with one attached hydrogen (secondary N) is 1. The Labute approximate surface area is 172 Å². The molecular formula is C21H20N4O3S. The topological polar surface area (TPSA) is 84.3 Å². The normalized spacial score (nSPS) is 15.7. The first kappa shape index (κ1) is 19.1. The molecule has 7 nitrogen and oxygen atoms in total. The Morgan fingerprint density at radius 1 is 1.21 bits per heavy atom. The molecule has 1 atom stereocenters. The third-order valence-electron chi connectivity index (χ3n) is 4.91. The summed E-state index contributed by atoms with van der Waals surface area (Å²) in [5.74, 6) is -0.168. The molecule has 2 aromatic heterocycles. The van der Waals surface area contributed by atoms with E-state index in [2.05, 4.69) is 10.3 Å². The van der Waals surface area contributed by atoms with Crippen molar-refractivity contribution in [2.75, 3.05) is 19.4 Å². The molecule has 1 N–H and O–H groups in total. The molecule has 0 bridgehead atoms. The summed E-state index contributed by atoms with van der Waals surface area (Å²) in [5, 5.41) is 3.37. The van der Waals surface area contributed by atoms with Crippen LogP contribution in [0.4, 0.5) is 5.13 Å². The van der Waals surface area contributed by atoms with Crippen molar-refractivity contribution in [3.05, 3.63) is 60.0 Å². The molecule has 1 aliphatic rings. The van der Waals surface area contributed by atoms with Crippen molar-refractivity contribution in [3.63, 3.8) is 0 Å². The van der Waals surface area contributed by atoms with Crippen molar-refractivity contribution < 1.29 is 14.4 Å². The van der Waals surface area contributed by atoms with Gasteiger partial charge in [-0.05, 0) is 36.2 Å². The number of thiazole rings is 1. The zero-order chi connectivity index (χ0) is 20.5. The smallest absolute Gasteiger partial charge is 0.253 e. The summed E-state index contributed by atoms with van der Waals surface area (Å²) in [6.07, 6.45) is 4.31. The van der Waals surface area contributed by atoms with Crippen LogP contribution in [-0.4, -0.2) is 46.1 Å². The Morgan fingerprint density at radius 2 is 1.97 bits per heavy atom. The van der Waals surface area contributed by atoms with Gasteiger partial charge in [0.15, 0.2) is 10.9 Å². The van der Waals surface area contributed by atoms with Gasteiger partial charge >= 0.3 is 0 Å². The van der Waals surface area contributed by atoms with Gasteiger partial charge in [-0.2, -0.15) is 0 Å². The molecule has 0 saturated carbocycles. The van der Waals surface area contributed by atoms with E-state index in [-0.39, 0.29) is 17.6 Å². The maximum absolute atomic E-state index is 12.7. The third kappa shape index (κ3) is 3.71. The number of nitrogens with zero attached hydrogens (tertiary/aromatic N) is 3. The maximum atomic E-state index is 12.7. The standard InChI is InChI=1S/C21H20N4O3S/c1-24(2)20(28)14-7-5-13(6-8-14)18-12-22-21(29-18)23-19(27)16-9-10-17(26)15-4-3-11-25(15)16/h3-8,11-12,16H,9-10H2,1-2H3,(H,22,23,27). The fourth-order valence-corrected chi connectivity index (χ4v) is 4.21. The summed E-state index contributed by atoms with van der Waals surface area (Å²) >= 11 is 1.37. The molecule has 1 aromatic carbocycles. The van der Waals surface area contributed by atoms with Gasteiger partial charge in [-0.3, -0.25) is 14.4 Å². The highest BCUT2D eigenvalue weighted by Crippen LogP contribution is 2.31. The number of amides is 2. The summed E-state index contributed by atoms with van der Waals surface area (Å²) in [6.45, 7) is 0. The van der Waals surface area contributed by atoms with Crippen LogP contribution in [0.2, 0.25) is 0 Å². The van der Waals surface area contributed by atoms with E-state index in [1.165, 1.54) is 16.2 Å². The Morgan fingerprint density at radius 3 is 2.69 bits per heavy atom. The lowest BCUT2D eigenvalue weighted by molar-refractivity contribution is -0.119. The summed E-state index contributed by atoms with van der Waals surface area (Å²) in [4.78, 5) is 43.4. The quantitative estimate of drug-likeness (QED) is 0.716. The van der Waals surface area contributed by atoms with Crippen molar-refractivity contribution in [3.8, 4) is 10.4 Å². The predicted molar refractivity (Wildman–Crippen MR) is 111 cm³/mol. The lowest BCUT2D eigenvalue weighted by Crippen LogP contribution is -2.31. The second kappa shape index (κ2) is 7.63. The first-order valence-electron chi connectivity index (χ1n) is 9.23. The molecule has 4 rings (SSSR count). The SMILES string of the molecule is CN(C)C(=O)c1ccc(-c2cnc(NC(=O)C3CCC(=O)c4cccn43)s2)cc1. The number of rotatable bonds is 4. The minimum atomic E-state index is -0.415. The molecule has 0 radical (unpaired) electrons. The van der Waals surface area contributed by atoms with Crippen LogP contribution in [0, 0.1) is 0 Å². The average Bonchev–Trinajstić information content (AvgIpc) is 3.38. The molecule has 1 aliphatic heterocycles. The second-order valence-corrected chi connectivity index (χ2v) is 8.10. The van der Waals surface area contributed by atoms with Crippen LogP contribution in [0.15, 0.2) is 48.8 Å². The van der Waals surface area contributed by atoms with Gasteiger partial charge in [0, 0.05) is 38.5 Å². The number of benzene rings is 1. The lowest BCUT2D eigenvalue weighted by atomic mass is 10.0. The van der Waals surface area contributed by atoms with Gasteiger partial charge in [-0.1, -0.05) is 23.5 Å². The molecule has 0 spiro atoms. The van der Waals surface area contributed by atoms with E-state index in [1.807, 2.05) is 12.1 Å². The monoisotopic (exact) mass is 408 g/mol. The van der Waals surface area contributed by atoms with Gasteiger partial charge in [0.1, 0.15) is 6.04 Å². The third-order valence-corrected chi connectivity index (χ3v) is 5.87. The number of aromatic nitrogens is 2. The average molecular weight is 408 g/mol. The summed E-state index contributed by atoms with van der Waals surface area (Å²) in [7, 11) is 3.43. The van der Waals surface area contributed by atoms with Gasteiger partial charge in [0.25, 0.3) is 5.91 Å². The van der Waals surface area contributed by atoms with Gasteiger partial charge in [0.2, 0.25) is 5.91 Å². The molecule has 148 valence electrons. The van der Waals surface area contributed by atoms with E-state index >= 15 is 0 Å². The highest BCUT2D eigenvalue weighted by atomic mass is 32.1. The van der Waals surface area contributed by atoms with Crippen molar-refractivity contribution >= 4 is 34.1 Å². The number of carbonyl (C=O) groups is 3. The number of hydrogen-bond donors (Lipinski definition) is 1. The highest BCUT2D eigenvalue weighted by molar-refractivity contribution is 7.19. The van der Waals surface area contributed by atoms with E-state index in [0.717, 1.165) is 10.4 Å². The second-order valence-electron chi connectivity index (χ2n) is 7.07. The Kier molecular flexibility index (Phi) is 5.02. The van der Waals surface area contributed by atoms with Gasteiger partial charge < -0.3 is 14.8 Å². The minimum absolute atomic E-state index is 0.0517. The van der Waals surface area contributed by atoms with Crippen LogP contribution < -0.4 is 5.32 Å². The van der Waals surface area contributed by atoms with Crippen LogP contribution in [0.5, 0.6) is 0 Å². The van der Waals surface area contributed by atoms with E-state index in [4.69, 9.17) is 0 Å². The molecule has 3 aromatic rings. The fraction of sp³-hybridized carbons (Fsp3) is 0.238. The Balaban J connectivity index is 1.47. The van der Waals surface area contributed by atoms with Gasteiger partial charge in [0.05, 0.1) is 10.6 Å². The molecule has 0 fully saturated rings. The van der Waals surface area contributed by atoms with Crippen molar-refractivity contribution in [2.45, 2.75) is 18.9 Å². The van der Waals surface area contributed by atoms with E-state index in [0.29, 0.717) is 29.2 Å².